The van der Waals surface area contributed by atoms with Gasteiger partial charge in [-0.15, -0.1) is 0 Å². The van der Waals surface area contributed by atoms with Gasteiger partial charge in [-0.1, -0.05) is 139 Å². The molecule has 0 fully saturated rings. The number of benzene rings is 9. The lowest BCUT2D eigenvalue weighted by molar-refractivity contribution is 0.670. The molecular weight excluding hydrogens is 520 g/mol. The van der Waals surface area contributed by atoms with Crippen molar-refractivity contribution in [3.63, 3.8) is 0 Å². The summed E-state index contributed by atoms with van der Waals surface area (Å²) in [6.45, 7) is 0. The van der Waals surface area contributed by atoms with Crippen molar-refractivity contribution in [3.8, 4) is 22.3 Å². The number of para-hydroxylation sites is 2. The van der Waals surface area contributed by atoms with Crippen molar-refractivity contribution >= 4 is 75.8 Å². The molecule has 1 nitrogen and oxygen atoms in total. The first-order chi connectivity index (χ1) is 26.3. The first-order valence-electron chi connectivity index (χ1n) is 19.9. The van der Waals surface area contributed by atoms with Gasteiger partial charge in [-0.2, -0.15) is 0 Å². The van der Waals surface area contributed by atoms with Crippen LogP contribution in [-0.2, 0) is 0 Å². The minimum atomic E-state index is -0.545. The van der Waals surface area contributed by atoms with E-state index in [4.69, 9.17) is 15.4 Å². The molecule has 1 heterocycles. The van der Waals surface area contributed by atoms with E-state index in [1.54, 1.807) is 18.2 Å². The van der Waals surface area contributed by atoms with Crippen LogP contribution in [0.4, 0.5) is 0 Å². The monoisotopic (exact) mass is 556 g/mol. The van der Waals surface area contributed by atoms with Gasteiger partial charge in [0, 0.05) is 21.9 Å². The summed E-state index contributed by atoms with van der Waals surface area (Å²) in [5.74, 6) is 0. The lowest BCUT2D eigenvalue weighted by atomic mass is 9.83. The van der Waals surface area contributed by atoms with Crippen LogP contribution in [0, 0.1) is 0 Å². The standard InChI is InChI=1S/C42H24O/c1-3-14-31-29(12-1)40(34-24-22-27-20-19-25-9-7-10-26-21-23-33(34)39(27)38(25)26)30-13-2-4-15-32(30)41(31)36-17-8-16-35-28-11-5-6-18-37(28)43-42(35)36/h1-24H/i1D,2D,3D,4D,5D,6D,11D,12D,13D,14D,15D,18D. The molecule has 0 saturated carbocycles. The Morgan fingerprint density at radius 1 is 0.395 bits per heavy atom. The van der Waals surface area contributed by atoms with Gasteiger partial charge in [0.05, 0.1) is 16.4 Å². The second-order valence-electron chi connectivity index (χ2n) is 10.7. The van der Waals surface area contributed by atoms with E-state index >= 15 is 0 Å². The Kier molecular flexibility index (Phi) is 2.84. The molecule has 1 heteroatoms. The highest BCUT2D eigenvalue weighted by molar-refractivity contribution is 6.30. The van der Waals surface area contributed by atoms with Gasteiger partial charge in [0.15, 0.2) is 0 Å². The van der Waals surface area contributed by atoms with Gasteiger partial charge in [-0.05, 0) is 71.0 Å². The van der Waals surface area contributed by atoms with Crippen molar-refractivity contribution in [2.24, 2.45) is 0 Å². The first kappa shape index (κ1) is 14.5. The molecule has 0 aliphatic rings. The van der Waals surface area contributed by atoms with Gasteiger partial charge in [0.1, 0.15) is 11.2 Å². The van der Waals surface area contributed by atoms with E-state index in [0.717, 1.165) is 32.3 Å². The number of hydrogen-bond acceptors (Lipinski definition) is 1. The van der Waals surface area contributed by atoms with E-state index in [1.807, 2.05) is 54.6 Å². The summed E-state index contributed by atoms with van der Waals surface area (Å²) in [6.07, 6.45) is 0. The van der Waals surface area contributed by atoms with Gasteiger partial charge in [0.25, 0.3) is 0 Å². The average molecular weight is 557 g/mol. The Morgan fingerprint density at radius 3 is 1.63 bits per heavy atom. The van der Waals surface area contributed by atoms with Crippen LogP contribution >= 0.6 is 0 Å². The van der Waals surface area contributed by atoms with Gasteiger partial charge in [-0.3, -0.25) is 0 Å². The van der Waals surface area contributed by atoms with Gasteiger partial charge < -0.3 is 4.42 Å². The Morgan fingerprint density at radius 2 is 0.930 bits per heavy atom. The number of furan rings is 1. The molecule has 0 bridgehead atoms. The molecule has 0 aliphatic carbocycles. The third kappa shape index (κ3) is 3.06. The van der Waals surface area contributed by atoms with E-state index in [0.29, 0.717) is 10.9 Å². The summed E-state index contributed by atoms with van der Waals surface area (Å²) in [5.41, 5.74) is 0.955. The Bertz CT molecular complexity index is 3310. The van der Waals surface area contributed by atoms with E-state index < -0.39 is 66.5 Å². The maximum absolute atomic E-state index is 9.44. The molecule has 0 unspecified atom stereocenters. The Hall–Kier alpha value is -5.66. The number of rotatable bonds is 2. The molecule has 9 aromatic carbocycles. The fourth-order valence-corrected chi connectivity index (χ4v) is 6.83. The highest BCUT2D eigenvalue weighted by Crippen LogP contribution is 2.48. The summed E-state index contributed by atoms with van der Waals surface area (Å²) in [5, 5.41) is 6.09. The van der Waals surface area contributed by atoms with Crippen molar-refractivity contribution in [1.29, 1.82) is 0 Å². The second-order valence-corrected chi connectivity index (χ2v) is 10.7. The van der Waals surface area contributed by atoms with Crippen molar-refractivity contribution in [2.45, 2.75) is 0 Å². The fraction of sp³-hybridized carbons (Fsp3) is 0. The topological polar surface area (TPSA) is 13.1 Å². The second kappa shape index (κ2) is 8.44. The van der Waals surface area contributed by atoms with Crippen LogP contribution in [0.5, 0.6) is 0 Å². The SMILES string of the molecule is [2H]c1c([2H])c([2H])c2c(oc3c(-c4c5c([2H])c([2H])c([2H])c([2H])c5c(-c5ccc6ccc7cccc8ccc5c6c78)c5c([2H])c([2H])c([2H])c([2H])c45)cccc32)c1[2H]. The lowest BCUT2D eigenvalue weighted by Gasteiger charge is -2.20. The van der Waals surface area contributed by atoms with E-state index in [1.165, 1.54) is 0 Å². The fourth-order valence-electron chi connectivity index (χ4n) is 6.83. The molecule has 0 amide bonds. The van der Waals surface area contributed by atoms with Gasteiger partial charge >= 0.3 is 0 Å². The lowest BCUT2D eigenvalue weighted by Crippen LogP contribution is -1.92. The molecule has 10 rings (SSSR count). The first-order valence-corrected chi connectivity index (χ1v) is 13.9. The van der Waals surface area contributed by atoms with Crippen molar-refractivity contribution in [3.05, 3.63) is 145 Å². The molecule has 10 aromatic rings. The minimum Gasteiger partial charge on any atom is -0.455 e. The van der Waals surface area contributed by atoms with Crippen molar-refractivity contribution in [2.75, 3.05) is 0 Å². The highest BCUT2D eigenvalue weighted by Gasteiger charge is 2.21. The van der Waals surface area contributed by atoms with Crippen LogP contribution in [0.25, 0.3) is 98.1 Å². The Balaban J connectivity index is 1.50. The molecule has 0 spiro atoms. The van der Waals surface area contributed by atoms with Crippen molar-refractivity contribution < 1.29 is 20.9 Å². The zero-order chi connectivity index (χ0) is 38.5. The molecule has 0 aliphatic heterocycles. The summed E-state index contributed by atoms with van der Waals surface area (Å²) in [7, 11) is 0. The molecule has 0 atom stereocenters. The molecular formula is C42H24O. The molecule has 0 radical (unpaired) electrons. The van der Waals surface area contributed by atoms with Gasteiger partial charge in [-0.25, -0.2) is 0 Å². The third-order valence-corrected chi connectivity index (χ3v) is 8.58. The zero-order valence-corrected chi connectivity index (χ0v) is 22.3. The van der Waals surface area contributed by atoms with E-state index in [2.05, 4.69) is 0 Å². The van der Waals surface area contributed by atoms with Gasteiger partial charge in [0.2, 0.25) is 0 Å². The quantitative estimate of drug-likeness (QED) is 0.152. The van der Waals surface area contributed by atoms with Crippen LogP contribution in [-0.4, -0.2) is 0 Å². The average Bonchev–Trinajstić information content (AvgIpc) is 3.60. The molecule has 198 valence electrons. The zero-order valence-electron chi connectivity index (χ0n) is 34.3. The molecule has 0 saturated heterocycles. The normalized spacial score (nSPS) is 16.1. The minimum absolute atomic E-state index is 0.00302. The maximum atomic E-state index is 9.44. The number of fused-ring (bicyclic) bond motifs is 5. The van der Waals surface area contributed by atoms with E-state index in [9.17, 15) is 5.48 Å². The smallest absolute Gasteiger partial charge is 0.143 e. The maximum Gasteiger partial charge on any atom is 0.143 e. The van der Waals surface area contributed by atoms with Crippen LogP contribution in [0.15, 0.2) is 150 Å². The van der Waals surface area contributed by atoms with Crippen LogP contribution in [0.2, 0.25) is 0 Å². The summed E-state index contributed by atoms with van der Waals surface area (Å²) >= 11 is 0. The Labute approximate surface area is 264 Å². The number of hydrogen-bond donors (Lipinski definition) is 0. The van der Waals surface area contributed by atoms with Crippen LogP contribution in [0.1, 0.15) is 16.4 Å². The van der Waals surface area contributed by atoms with Crippen LogP contribution in [0.3, 0.4) is 0 Å². The summed E-state index contributed by atoms with van der Waals surface area (Å²) in [6, 6.07) is 17.1. The molecule has 1 aromatic heterocycles. The molecule has 43 heavy (non-hydrogen) atoms. The predicted octanol–water partition coefficient (Wildman–Crippen LogP) is 12.1. The predicted molar refractivity (Wildman–Crippen MR) is 183 cm³/mol. The summed E-state index contributed by atoms with van der Waals surface area (Å²) < 4.78 is 113. The van der Waals surface area contributed by atoms with E-state index in [-0.39, 0.29) is 60.8 Å². The van der Waals surface area contributed by atoms with Crippen molar-refractivity contribution in [1.82, 2.24) is 0 Å². The highest BCUT2D eigenvalue weighted by atomic mass is 16.3. The third-order valence-electron chi connectivity index (χ3n) is 8.58. The van der Waals surface area contributed by atoms with Crippen LogP contribution < -0.4 is 0 Å². The largest absolute Gasteiger partial charge is 0.455 e. The summed E-state index contributed by atoms with van der Waals surface area (Å²) in [4.78, 5) is 0. The molecule has 0 N–H and O–H groups in total.